The van der Waals surface area contributed by atoms with E-state index in [1.54, 1.807) is 0 Å². The maximum atomic E-state index is 12.8. The summed E-state index contributed by atoms with van der Waals surface area (Å²) in [5.74, 6) is -0.351. The summed E-state index contributed by atoms with van der Waals surface area (Å²) in [5, 5.41) is 40.2. The number of aliphatic hydroxyl groups excluding tert-OH is 4. The fourth-order valence-electron chi connectivity index (χ4n) is 6.64. The standard InChI is InChI=1S/C55H88O9/c1-3-5-7-9-11-13-15-17-19-21-22-23-24-25-26-27-28-29-30-32-34-36-38-40-42-44-51(57)63-49(48-62-55-54(60)53(59)52(58)50(46-56)64-55)47-61-45-43-41-39-37-35-33-31-20-18-16-14-12-10-8-6-4-2/h5-8,11-14,17-20,22-23,25-26,33,35,39,41,49-50,52-56,58-60H,3-4,9-10,15-16,21,24,27-32,34,36-38,40,42-48H2,1-2H3/b7-5-,8-6-,13-11-,14-12-,19-17-,20-18-,23-22-,26-25-,35-33-,41-39-. The molecule has 0 bridgehead atoms. The van der Waals surface area contributed by atoms with Crippen molar-refractivity contribution >= 4 is 5.97 Å². The number of hydrogen-bond acceptors (Lipinski definition) is 9. The van der Waals surface area contributed by atoms with Gasteiger partial charge in [-0.3, -0.25) is 4.79 Å². The molecule has 0 radical (unpaired) electrons. The lowest BCUT2D eigenvalue weighted by Gasteiger charge is -2.39. The van der Waals surface area contributed by atoms with Crippen molar-refractivity contribution in [2.75, 3.05) is 26.4 Å². The second-order valence-corrected chi connectivity index (χ2v) is 16.1. The highest BCUT2D eigenvalue weighted by molar-refractivity contribution is 5.69. The summed E-state index contributed by atoms with van der Waals surface area (Å²) in [6.45, 7) is 4.08. The molecule has 4 N–H and O–H groups in total. The van der Waals surface area contributed by atoms with Gasteiger partial charge in [0.05, 0.1) is 26.4 Å². The molecule has 9 nitrogen and oxygen atoms in total. The van der Waals surface area contributed by atoms with E-state index in [4.69, 9.17) is 18.9 Å². The minimum Gasteiger partial charge on any atom is -0.457 e. The van der Waals surface area contributed by atoms with Crippen LogP contribution in [0.3, 0.4) is 0 Å². The smallest absolute Gasteiger partial charge is 0.306 e. The third kappa shape index (κ3) is 34.9. The summed E-state index contributed by atoms with van der Waals surface area (Å²) in [6.07, 6.45) is 58.2. The third-order valence-corrected chi connectivity index (χ3v) is 10.4. The molecule has 1 rings (SSSR count). The summed E-state index contributed by atoms with van der Waals surface area (Å²) in [5.41, 5.74) is 0. The van der Waals surface area contributed by atoms with Crippen LogP contribution < -0.4 is 0 Å². The van der Waals surface area contributed by atoms with Crippen LogP contribution in [0.15, 0.2) is 122 Å². The van der Waals surface area contributed by atoms with Crippen molar-refractivity contribution in [1.82, 2.24) is 0 Å². The second kappa shape index (κ2) is 44.8. The molecule has 6 atom stereocenters. The fourth-order valence-corrected chi connectivity index (χ4v) is 6.64. The fraction of sp³-hybridized carbons (Fsp3) is 0.618. The first kappa shape index (κ1) is 58.6. The monoisotopic (exact) mass is 893 g/mol. The van der Waals surface area contributed by atoms with Crippen LogP contribution in [-0.4, -0.2) is 89.6 Å². The highest BCUT2D eigenvalue weighted by Gasteiger charge is 2.44. The Kier molecular flexibility index (Phi) is 41.0. The Morgan fingerprint density at radius 3 is 1.36 bits per heavy atom. The van der Waals surface area contributed by atoms with Crippen molar-refractivity contribution < 1.29 is 44.2 Å². The van der Waals surface area contributed by atoms with Gasteiger partial charge in [0, 0.05) is 6.42 Å². The van der Waals surface area contributed by atoms with Gasteiger partial charge in [-0.15, -0.1) is 0 Å². The molecule has 1 heterocycles. The minimum absolute atomic E-state index is 0.0796. The van der Waals surface area contributed by atoms with Gasteiger partial charge in [-0.2, -0.15) is 0 Å². The molecule has 0 aliphatic carbocycles. The van der Waals surface area contributed by atoms with Gasteiger partial charge < -0.3 is 39.4 Å². The quantitative estimate of drug-likeness (QED) is 0.0269. The Hall–Kier alpha value is -3.41. The van der Waals surface area contributed by atoms with Crippen LogP contribution in [0.4, 0.5) is 0 Å². The van der Waals surface area contributed by atoms with Crippen molar-refractivity contribution in [2.45, 2.75) is 192 Å². The van der Waals surface area contributed by atoms with Crippen LogP contribution >= 0.6 is 0 Å². The maximum absolute atomic E-state index is 12.8. The third-order valence-electron chi connectivity index (χ3n) is 10.4. The highest BCUT2D eigenvalue weighted by atomic mass is 16.7. The number of aliphatic hydroxyl groups is 4. The molecule has 0 spiro atoms. The molecule has 6 unspecified atom stereocenters. The SMILES string of the molecule is CC/C=C\C/C=C\C/C=C\C/C=C\C/C=C\CCCCCCCCCCCC(=O)OC(COCC/C=C\C/C=C\C/C=C\C/C=C\C/C=C\CC)COC1OC(CO)C(O)C(O)C1O. The van der Waals surface area contributed by atoms with Gasteiger partial charge in [0.25, 0.3) is 0 Å². The van der Waals surface area contributed by atoms with E-state index in [9.17, 15) is 25.2 Å². The number of allylic oxidation sites excluding steroid dienone is 19. The Balaban J connectivity index is 2.27. The predicted octanol–water partition coefficient (Wildman–Crippen LogP) is 11.9. The van der Waals surface area contributed by atoms with Gasteiger partial charge in [0.1, 0.15) is 30.5 Å². The molecular formula is C55H88O9. The summed E-state index contributed by atoms with van der Waals surface area (Å²) in [6, 6.07) is 0. The van der Waals surface area contributed by atoms with E-state index in [0.29, 0.717) is 13.0 Å². The summed E-state index contributed by atoms with van der Waals surface area (Å²) in [4.78, 5) is 12.8. The van der Waals surface area contributed by atoms with E-state index in [-0.39, 0.29) is 25.6 Å². The molecule has 0 aromatic rings. The predicted molar refractivity (Wildman–Crippen MR) is 265 cm³/mol. The van der Waals surface area contributed by atoms with Crippen molar-refractivity contribution in [3.8, 4) is 0 Å². The number of carbonyl (C=O) groups is 1. The lowest BCUT2D eigenvalue weighted by molar-refractivity contribution is -0.305. The molecular weight excluding hydrogens is 805 g/mol. The number of ether oxygens (including phenoxy) is 4. The lowest BCUT2D eigenvalue weighted by atomic mass is 9.99. The molecule has 0 saturated carbocycles. The van der Waals surface area contributed by atoms with Gasteiger partial charge in [-0.25, -0.2) is 0 Å². The van der Waals surface area contributed by atoms with Crippen LogP contribution in [-0.2, 0) is 23.7 Å². The number of unbranched alkanes of at least 4 members (excludes halogenated alkanes) is 9. The first-order valence-electron chi connectivity index (χ1n) is 24.6. The van der Waals surface area contributed by atoms with Crippen molar-refractivity contribution in [3.63, 3.8) is 0 Å². The summed E-state index contributed by atoms with van der Waals surface area (Å²) >= 11 is 0. The Morgan fingerprint density at radius 2 is 0.906 bits per heavy atom. The molecule has 362 valence electrons. The number of carbonyl (C=O) groups excluding carboxylic acids is 1. The Bertz CT molecular complexity index is 1390. The van der Waals surface area contributed by atoms with Gasteiger partial charge in [-0.05, 0) is 89.9 Å². The Morgan fingerprint density at radius 1 is 0.500 bits per heavy atom. The van der Waals surface area contributed by atoms with E-state index < -0.39 is 43.4 Å². The molecule has 1 fully saturated rings. The van der Waals surface area contributed by atoms with Crippen LogP contribution in [0, 0.1) is 0 Å². The second-order valence-electron chi connectivity index (χ2n) is 16.1. The summed E-state index contributed by atoms with van der Waals surface area (Å²) < 4.78 is 22.7. The molecule has 64 heavy (non-hydrogen) atoms. The van der Waals surface area contributed by atoms with Gasteiger partial charge in [0.2, 0.25) is 0 Å². The van der Waals surface area contributed by atoms with E-state index in [1.165, 1.54) is 32.1 Å². The average molecular weight is 893 g/mol. The topological polar surface area (TPSA) is 135 Å². The number of esters is 1. The zero-order valence-electron chi connectivity index (χ0n) is 39.7. The van der Waals surface area contributed by atoms with Crippen LogP contribution in [0.1, 0.15) is 155 Å². The maximum Gasteiger partial charge on any atom is 0.306 e. The van der Waals surface area contributed by atoms with E-state index in [2.05, 4.69) is 135 Å². The van der Waals surface area contributed by atoms with Crippen molar-refractivity contribution in [1.29, 1.82) is 0 Å². The molecule has 0 amide bonds. The highest BCUT2D eigenvalue weighted by Crippen LogP contribution is 2.22. The molecule has 0 aromatic carbocycles. The van der Waals surface area contributed by atoms with Gasteiger partial charge >= 0.3 is 5.97 Å². The van der Waals surface area contributed by atoms with Crippen molar-refractivity contribution in [3.05, 3.63) is 122 Å². The zero-order valence-corrected chi connectivity index (χ0v) is 39.7. The van der Waals surface area contributed by atoms with Crippen LogP contribution in [0.5, 0.6) is 0 Å². The zero-order chi connectivity index (χ0) is 46.4. The van der Waals surface area contributed by atoms with Crippen LogP contribution in [0.2, 0.25) is 0 Å². The largest absolute Gasteiger partial charge is 0.457 e. The first-order valence-corrected chi connectivity index (χ1v) is 24.6. The van der Waals surface area contributed by atoms with Crippen LogP contribution in [0.25, 0.3) is 0 Å². The van der Waals surface area contributed by atoms with Gasteiger partial charge in [0.15, 0.2) is 6.29 Å². The van der Waals surface area contributed by atoms with E-state index in [0.717, 1.165) is 96.3 Å². The molecule has 9 heteroatoms. The molecule has 1 aliphatic heterocycles. The normalized spacial score (nSPS) is 20.6. The van der Waals surface area contributed by atoms with Crippen molar-refractivity contribution in [2.24, 2.45) is 0 Å². The lowest BCUT2D eigenvalue weighted by Crippen LogP contribution is -2.59. The number of rotatable bonds is 40. The van der Waals surface area contributed by atoms with Gasteiger partial charge in [-0.1, -0.05) is 180 Å². The molecule has 1 saturated heterocycles. The molecule has 0 aromatic heterocycles. The minimum atomic E-state index is -1.56. The van der Waals surface area contributed by atoms with E-state index >= 15 is 0 Å². The molecule has 1 aliphatic rings. The average Bonchev–Trinajstić information content (AvgIpc) is 3.30. The summed E-state index contributed by atoms with van der Waals surface area (Å²) in [7, 11) is 0. The Labute approximate surface area is 388 Å². The number of hydrogen-bond donors (Lipinski definition) is 4. The van der Waals surface area contributed by atoms with E-state index in [1.807, 2.05) is 0 Å². The first-order chi connectivity index (χ1) is 31.4.